The molecule has 1 unspecified atom stereocenters. The van der Waals surface area contributed by atoms with Crippen LogP contribution in [0, 0.1) is 0 Å². The van der Waals surface area contributed by atoms with E-state index in [0.717, 1.165) is 16.0 Å². The number of carbonyl (C=O) groups excluding carboxylic acids is 4. The van der Waals surface area contributed by atoms with E-state index >= 15 is 0 Å². The van der Waals surface area contributed by atoms with E-state index in [-0.39, 0.29) is 19.0 Å². The van der Waals surface area contributed by atoms with Crippen molar-refractivity contribution < 1.29 is 23.9 Å². The number of hydrogen-bond acceptors (Lipinski definition) is 5. The average molecular weight is 456 g/mol. The summed E-state index contributed by atoms with van der Waals surface area (Å²) < 4.78 is 5.10. The third kappa shape index (κ3) is 5.38. The summed E-state index contributed by atoms with van der Waals surface area (Å²) in [5.41, 5.74) is 2.66. The highest BCUT2D eigenvalue weighted by atomic mass is 16.5. The van der Waals surface area contributed by atoms with Crippen LogP contribution in [-0.4, -0.2) is 41.7 Å². The molecular weight excluding hydrogens is 432 g/mol. The summed E-state index contributed by atoms with van der Waals surface area (Å²) in [5, 5.41) is 2.93. The van der Waals surface area contributed by atoms with Gasteiger partial charge in [0.15, 0.2) is 6.61 Å². The Hall–Kier alpha value is -4.26. The van der Waals surface area contributed by atoms with E-state index in [4.69, 9.17) is 4.74 Å². The van der Waals surface area contributed by atoms with Crippen LogP contribution in [0.3, 0.4) is 0 Å². The van der Waals surface area contributed by atoms with E-state index in [0.29, 0.717) is 17.5 Å². The summed E-state index contributed by atoms with van der Waals surface area (Å²) in [6, 6.07) is 25.6. The average Bonchev–Trinajstić information content (AvgIpc) is 3.11. The molecule has 7 nitrogen and oxygen atoms in total. The molecule has 1 aliphatic rings. The molecular formula is C27H24N2O5. The fraction of sp³-hybridized carbons (Fsp3) is 0.185. The summed E-state index contributed by atoms with van der Waals surface area (Å²) in [5.74, 6) is -1.96. The van der Waals surface area contributed by atoms with E-state index in [1.54, 1.807) is 24.3 Å². The third-order valence-electron chi connectivity index (χ3n) is 5.60. The standard InChI is InChI=1S/C27H24N2O5/c30-24(28-23(20-11-5-2-6-12-20)17-19-9-3-1-4-10-19)18-34-25(31)15-16-29-26(32)21-13-7-8-14-22(21)27(29)33/h1-14,23H,15-18H2,(H,28,30). The van der Waals surface area contributed by atoms with Crippen molar-refractivity contribution in [2.75, 3.05) is 13.2 Å². The van der Waals surface area contributed by atoms with Crippen molar-refractivity contribution in [1.29, 1.82) is 0 Å². The predicted octanol–water partition coefficient (Wildman–Crippen LogP) is 3.32. The van der Waals surface area contributed by atoms with Gasteiger partial charge in [0, 0.05) is 6.54 Å². The summed E-state index contributed by atoms with van der Waals surface area (Å²) in [6.45, 7) is -0.549. The van der Waals surface area contributed by atoms with Crippen LogP contribution in [0.15, 0.2) is 84.9 Å². The van der Waals surface area contributed by atoms with Crippen LogP contribution in [0.5, 0.6) is 0 Å². The Bertz CT molecular complexity index is 1160. The van der Waals surface area contributed by atoms with Crippen LogP contribution in [0.4, 0.5) is 0 Å². The number of hydrogen-bond donors (Lipinski definition) is 1. The lowest BCUT2D eigenvalue weighted by Crippen LogP contribution is -2.35. The van der Waals surface area contributed by atoms with Gasteiger partial charge < -0.3 is 10.1 Å². The fourth-order valence-electron chi connectivity index (χ4n) is 3.89. The Balaban J connectivity index is 1.29. The first kappa shape index (κ1) is 22.9. The van der Waals surface area contributed by atoms with Crippen LogP contribution in [0.25, 0.3) is 0 Å². The van der Waals surface area contributed by atoms with E-state index in [1.807, 2.05) is 60.7 Å². The fourth-order valence-corrected chi connectivity index (χ4v) is 3.89. The zero-order chi connectivity index (χ0) is 23.9. The molecule has 0 spiro atoms. The van der Waals surface area contributed by atoms with Gasteiger partial charge in [0.25, 0.3) is 17.7 Å². The van der Waals surface area contributed by atoms with Gasteiger partial charge in [0.2, 0.25) is 0 Å². The van der Waals surface area contributed by atoms with Gasteiger partial charge in [-0.3, -0.25) is 24.1 Å². The predicted molar refractivity (Wildman–Crippen MR) is 125 cm³/mol. The van der Waals surface area contributed by atoms with E-state index in [9.17, 15) is 19.2 Å². The molecule has 1 atom stereocenters. The SMILES string of the molecule is O=C(COC(=O)CCN1C(=O)c2ccccc2C1=O)NC(Cc1ccccc1)c1ccccc1. The Labute approximate surface area is 197 Å². The minimum Gasteiger partial charge on any atom is -0.456 e. The Kier molecular flexibility index (Phi) is 7.13. The third-order valence-corrected chi connectivity index (χ3v) is 5.60. The van der Waals surface area contributed by atoms with Crippen LogP contribution in [0.2, 0.25) is 0 Å². The van der Waals surface area contributed by atoms with Crippen molar-refractivity contribution in [3.05, 3.63) is 107 Å². The second kappa shape index (κ2) is 10.6. The number of fused-ring (bicyclic) bond motifs is 1. The molecule has 172 valence electrons. The molecule has 0 saturated heterocycles. The first-order valence-corrected chi connectivity index (χ1v) is 11.0. The van der Waals surface area contributed by atoms with Gasteiger partial charge in [-0.15, -0.1) is 0 Å². The second-order valence-corrected chi connectivity index (χ2v) is 7.94. The molecule has 7 heteroatoms. The highest BCUT2D eigenvalue weighted by Crippen LogP contribution is 2.22. The zero-order valence-electron chi connectivity index (χ0n) is 18.5. The molecule has 1 N–H and O–H groups in total. The number of amides is 3. The van der Waals surface area contributed by atoms with Gasteiger partial charge in [-0.1, -0.05) is 72.8 Å². The van der Waals surface area contributed by atoms with Crippen LogP contribution in [0.1, 0.15) is 44.3 Å². The largest absolute Gasteiger partial charge is 0.456 e. The lowest BCUT2D eigenvalue weighted by molar-refractivity contribution is -0.148. The lowest BCUT2D eigenvalue weighted by atomic mass is 9.99. The molecule has 0 aliphatic carbocycles. The summed E-state index contributed by atoms with van der Waals surface area (Å²) in [7, 11) is 0. The smallest absolute Gasteiger partial charge is 0.308 e. The van der Waals surface area contributed by atoms with Gasteiger partial charge in [0.05, 0.1) is 23.6 Å². The van der Waals surface area contributed by atoms with E-state index in [2.05, 4.69) is 5.32 Å². The summed E-state index contributed by atoms with van der Waals surface area (Å²) in [4.78, 5) is 50.5. The number of carbonyl (C=O) groups is 4. The monoisotopic (exact) mass is 456 g/mol. The molecule has 1 aliphatic heterocycles. The minimum absolute atomic E-state index is 0.104. The molecule has 0 saturated carbocycles. The second-order valence-electron chi connectivity index (χ2n) is 7.94. The first-order valence-electron chi connectivity index (χ1n) is 11.0. The lowest BCUT2D eigenvalue weighted by Gasteiger charge is -2.19. The van der Waals surface area contributed by atoms with Gasteiger partial charge in [0.1, 0.15) is 0 Å². The molecule has 0 fully saturated rings. The molecule has 34 heavy (non-hydrogen) atoms. The van der Waals surface area contributed by atoms with E-state index in [1.165, 1.54) is 0 Å². The summed E-state index contributed by atoms with van der Waals surface area (Å²) >= 11 is 0. The molecule has 3 aromatic carbocycles. The van der Waals surface area contributed by atoms with Gasteiger partial charge in [-0.05, 0) is 29.7 Å². The number of ether oxygens (including phenoxy) is 1. The van der Waals surface area contributed by atoms with Gasteiger partial charge >= 0.3 is 5.97 Å². The van der Waals surface area contributed by atoms with Crippen molar-refractivity contribution >= 4 is 23.7 Å². The normalized spacial score (nSPS) is 13.4. The highest BCUT2D eigenvalue weighted by Gasteiger charge is 2.35. The molecule has 0 radical (unpaired) electrons. The van der Waals surface area contributed by atoms with Crippen LogP contribution < -0.4 is 5.32 Å². The van der Waals surface area contributed by atoms with Gasteiger partial charge in [-0.2, -0.15) is 0 Å². The molecule has 4 rings (SSSR count). The zero-order valence-corrected chi connectivity index (χ0v) is 18.5. The number of esters is 1. The number of nitrogens with zero attached hydrogens (tertiary/aromatic N) is 1. The van der Waals surface area contributed by atoms with Crippen molar-refractivity contribution in [2.24, 2.45) is 0 Å². The van der Waals surface area contributed by atoms with Crippen LogP contribution >= 0.6 is 0 Å². The molecule has 3 amide bonds. The Morgan fingerprint density at radius 3 is 1.97 bits per heavy atom. The number of nitrogens with one attached hydrogen (secondary N) is 1. The van der Waals surface area contributed by atoms with Gasteiger partial charge in [-0.25, -0.2) is 0 Å². The van der Waals surface area contributed by atoms with Crippen molar-refractivity contribution in [1.82, 2.24) is 10.2 Å². The van der Waals surface area contributed by atoms with Crippen molar-refractivity contribution in [2.45, 2.75) is 18.9 Å². The maximum atomic E-state index is 12.5. The topological polar surface area (TPSA) is 92.8 Å². The van der Waals surface area contributed by atoms with Crippen molar-refractivity contribution in [3.8, 4) is 0 Å². The Morgan fingerprint density at radius 2 is 1.35 bits per heavy atom. The summed E-state index contributed by atoms with van der Waals surface area (Å²) in [6.07, 6.45) is 0.398. The van der Waals surface area contributed by atoms with E-state index < -0.39 is 30.3 Å². The number of benzene rings is 3. The highest BCUT2D eigenvalue weighted by molar-refractivity contribution is 6.21. The maximum Gasteiger partial charge on any atom is 0.308 e. The van der Waals surface area contributed by atoms with Crippen LogP contribution in [-0.2, 0) is 20.7 Å². The first-order chi connectivity index (χ1) is 16.5. The molecule has 3 aromatic rings. The minimum atomic E-state index is -0.661. The molecule has 1 heterocycles. The molecule has 0 bridgehead atoms. The Morgan fingerprint density at radius 1 is 0.794 bits per heavy atom. The number of imide groups is 1. The number of rotatable bonds is 9. The quantitative estimate of drug-likeness (QED) is 0.394. The molecule has 0 aromatic heterocycles. The maximum absolute atomic E-state index is 12.5. The van der Waals surface area contributed by atoms with Crippen molar-refractivity contribution in [3.63, 3.8) is 0 Å².